The number of aryl methyl sites for hydroxylation is 2. The maximum absolute atomic E-state index is 12.9. The summed E-state index contributed by atoms with van der Waals surface area (Å²) < 4.78 is 0. The Bertz CT molecular complexity index is 1230. The first-order valence-corrected chi connectivity index (χ1v) is 12.6. The quantitative estimate of drug-likeness (QED) is 0.312. The molecule has 1 heterocycles. The lowest BCUT2D eigenvalue weighted by molar-refractivity contribution is 0.0963. The Morgan fingerprint density at radius 3 is 2.43 bits per heavy atom. The molecular formula is C30H38N4O. The largest absolute Gasteiger partial charge is 0.355 e. The molecule has 0 unspecified atom stereocenters. The summed E-state index contributed by atoms with van der Waals surface area (Å²) in [7, 11) is 1.64. The van der Waals surface area contributed by atoms with Crippen LogP contribution in [0.4, 0.5) is 11.4 Å². The van der Waals surface area contributed by atoms with Gasteiger partial charge in [0, 0.05) is 24.5 Å². The van der Waals surface area contributed by atoms with Crippen LogP contribution in [0.1, 0.15) is 95.7 Å². The van der Waals surface area contributed by atoms with Crippen LogP contribution < -0.4 is 10.6 Å². The zero-order valence-electron chi connectivity index (χ0n) is 22.2. The number of hydrogen-bond acceptors (Lipinski definition) is 4. The van der Waals surface area contributed by atoms with Gasteiger partial charge in [-0.1, -0.05) is 31.9 Å². The number of anilines is 2. The van der Waals surface area contributed by atoms with E-state index in [9.17, 15) is 10.1 Å². The maximum Gasteiger partial charge on any atom is 0.254 e. The average molecular weight is 471 g/mol. The molecule has 1 aliphatic rings. The van der Waals surface area contributed by atoms with E-state index in [2.05, 4.69) is 50.5 Å². The highest BCUT2D eigenvalue weighted by molar-refractivity contribution is 6.01. The highest BCUT2D eigenvalue weighted by Gasteiger charge is 2.27. The molecule has 0 aliphatic heterocycles. The lowest BCUT2D eigenvalue weighted by atomic mass is 9.76. The molecule has 184 valence electrons. The standard InChI is InChI=1S/C30H38N4O/c1-8-11-24(15-22(9-2)16-31)28-21(6)29(25(17-33-28)30(35)32-7)34-27-19(4)14-18(3)20(5)26(27)23-12-10-13-23/h9,14-15,17,23H,8,10-13H2,1-7H3,(H,32,35)(H,33,34)/b22-9+,24-15+. The molecule has 2 aromatic rings. The van der Waals surface area contributed by atoms with Crippen LogP contribution in [-0.2, 0) is 0 Å². The van der Waals surface area contributed by atoms with Gasteiger partial charge >= 0.3 is 0 Å². The summed E-state index contributed by atoms with van der Waals surface area (Å²) in [4.78, 5) is 17.6. The summed E-state index contributed by atoms with van der Waals surface area (Å²) in [5, 5.41) is 16.0. The molecule has 0 atom stereocenters. The predicted octanol–water partition coefficient (Wildman–Crippen LogP) is 7.34. The normalized spacial score (nSPS) is 14.3. The minimum Gasteiger partial charge on any atom is -0.355 e. The topological polar surface area (TPSA) is 77.8 Å². The number of benzene rings is 1. The molecule has 0 saturated heterocycles. The van der Waals surface area contributed by atoms with Crippen LogP contribution in [0, 0.1) is 39.0 Å². The Kier molecular flexibility index (Phi) is 8.51. The Balaban J connectivity index is 2.25. The Morgan fingerprint density at radius 1 is 1.17 bits per heavy atom. The van der Waals surface area contributed by atoms with E-state index in [-0.39, 0.29) is 5.91 Å². The number of rotatable bonds is 8. The van der Waals surface area contributed by atoms with Crippen molar-refractivity contribution >= 4 is 22.9 Å². The second-order valence-corrected chi connectivity index (χ2v) is 9.55. The van der Waals surface area contributed by atoms with Gasteiger partial charge in [-0.25, -0.2) is 0 Å². The molecule has 5 heteroatoms. The van der Waals surface area contributed by atoms with Crippen molar-refractivity contribution in [1.29, 1.82) is 5.26 Å². The van der Waals surface area contributed by atoms with E-state index in [0.717, 1.165) is 41.0 Å². The fraction of sp³-hybridized carbons (Fsp3) is 0.433. The van der Waals surface area contributed by atoms with E-state index < -0.39 is 0 Å². The molecule has 1 saturated carbocycles. The number of nitrogens with one attached hydrogen (secondary N) is 2. The molecule has 1 amide bonds. The smallest absolute Gasteiger partial charge is 0.254 e. The predicted molar refractivity (Wildman–Crippen MR) is 145 cm³/mol. The van der Waals surface area contributed by atoms with Gasteiger partial charge in [0.2, 0.25) is 0 Å². The third-order valence-electron chi connectivity index (χ3n) is 7.24. The van der Waals surface area contributed by atoms with Gasteiger partial charge < -0.3 is 10.6 Å². The Hall–Kier alpha value is -3.39. The SMILES string of the molecule is C/C=C(C#N)\C=C(/CCC)c1ncc(C(=O)NC)c(Nc2c(C)cc(C)c(C)c2C2CCC2)c1C. The molecule has 0 spiro atoms. The van der Waals surface area contributed by atoms with Crippen molar-refractivity contribution in [1.82, 2.24) is 10.3 Å². The summed E-state index contributed by atoms with van der Waals surface area (Å²) in [5.74, 6) is 0.373. The molecule has 5 nitrogen and oxygen atoms in total. The molecule has 3 rings (SSSR count). The highest BCUT2D eigenvalue weighted by Crippen LogP contribution is 2.45. The minimum absolute atomic E-state index is 0.173. The second kappa shape index (κ2) is 11.4. The number of pyridine rings is 1. The van der Waals surface area contributed by atoms with E-state index >= 15 is 0 Å². The number of aromatic nitrogens is 1. The number of carbonyl (C=O) groups excluding carboxylic acids is 1. The van der Waals surface area contributed by atoms with Crippen molar-refractivity contribution in [2.75, 3.05) is 12.4 Å². The third kappa shape index (κ3) is 5.32. The van der Waals surface area contributed by atoms with Gasteiger partial charge in [-0.3, -0.25) is 9.78 Å². The second-order valence-electron chi connectivity index (χ2n) is 9.55. The van der Waals surface area contributed by atoms with Gasteiger partial charge in [0.25, 0.3) is 5.91 Å². The molecule has 35 heavy (non-hydrogen) atoms. The van der Waals surface area contributed by atoms with Crippen molar-refractivity contribution in [3.63, 3.8) is 0 Å². The van der Waals surface area contributed by atoms with Crippen LogP contribution in [0.2, 0.25) is 0 Å². The third-order valence-corrected chi connectivity index (χ3v) is 7.24. The molecule has 1 fully saturated rings. The van der Waals surface area contributed by atoms with Crippen LogP contribution >= 0.6 is 0 Å². The molecular weight excluding hydrogens is 432 g/mol. The highest BCUT2D eigenvalue weighted by atomic mass is 16.1. The average Bonchev–Trinajstić information content (AvgIpc) is 2.81. The van der Waals surface area contributed by atoms with Crippen LogP contribution in [-0.4, -0.2) is 17.9 Å². The summed E-state index contributed by atoms with van der Waals surface area (Å²) >= 11 is 0. The van der Waals surface area contributed by atoms with Gasteiger partial charge in [-0.05, 0) is 99.3 Å². The molecule has 1 aromatic heterocycles. The lowest BCUT2D eigenvalue weighted by Crippen LogP contribution is -2.21. The number of carbonyl (C=O) groups is 1. The number of nitriles is 1. The lowest BCUT2D eigenvalue weighted by Gasteiger charge is -2.32. The molecule has 0 radical (unpaired) electrons. The molecule has 1 aliphatic carbocycles. The van der Waals surface area contributed by atoms with Gasteiger partial charge in [0.1, 0.15) is 0 Å². The summed E-state index contributed by atoms with van der Waals surface area (Å²) in [6.45, 7) is 12.5. The van der Waals surface area contributed by atoms with Gasteiger partial charge in [-0.2, -0.15) is 5.26 Å². The Labute approximate surface area is 210 Å². The zero-order valence-corrected chi connectivity index (χ0v) is 22.2. The first kappa shape index (κ1) is 26.2. The molecule has 2 N–H and O–H groups in total. The van der Waals surface area contributed by atoms with Crippen LogP contribution in [0.15, 0.2) is 30.0 Å². The van der Waals surface area contributed by atoms with E-state index in [1.807, 2.05) is 26.0 Å². The van der Waals surface area contributed by atoms with Crippen molar-refractivity contribution in [3.8, 4) is 6.07 Å². The van der Waals surface area contributed by atoms with Gasteiger partial charge in [-0.15, -0.1) is 0 Å². The molecule has 0 bridgehead atoms. The van der Waals surface area contributed by atoms with Crippen molar-refractivity contribution < 1.29 is 4.79 Å². The summed E-state index contributed by atoms with van der Waals surface area (Å²) in [5.41, 5.74) is 10.9. The zero-order chi connectivity index (χ0) is 25.7. The fourth-order valence-electron chi connectivity index (χ4n) is 4.91. The minimum atomic E-state index is -0.173. The summed E-state index contributed by atoms with van der Waals surface area (Å²) in [6.07, 6.45) is 10.8. The van der Waals surface area contributed by atoms with Gasteiger partial charge in [0.05, 0.1) is 23.0 Å². The van der Waals surface area contributed by atoms with Gasteiger partial charge in [0.15, 0.2) is 0 Å². The number of allylic oxidation sites excluding steroid dienone is 4. The molecule has 1 aromatic carbocycles. The first-order chi connectivity index (χ1) is 16.8. The van der Waals surface area contributed by atoms with Crippen LogP contribution in [0.5, 0.6) is 0 Å². The first-order valence-electron chi connectivity index (χ1n) is 12.6. The van der Waals surface area contributed by atoms with Crippen molar-refractivity contribution in [2.24, 2.45) is 0 Å². The number of amides is 1. The monoisotopic (exact) mass is 470 g/mol. The number of nitrogens with zero attached hydrogens (tertiary/aromatic N) is 2. The van der Waals surface area contributed by atoms with E-state index in [0.29, 0.717) is 17.1 Å². The number of hydrogen-bond donors (Lipinski definition) is 2. The van der Waals surface area contributed by atoms with E-state index in [1.54, 1.807) is 13.2 Å². The summed E-state index contributed by atoms with van der Waals surface area (Å²) in [6, 6.07) is 4.48. The Morgan fingerprint density at radius 2 is 1.89 bits per heavy atom. The van der Waals surface area contributed by atoms with Crippen molar-refractivity contribution in [2.45, 2.75) is 79.6 Å². The van der Waals surface area contributed by atoms with E-state index in [1.165, 1.54) is 41.5 Å². The fourth-order valence-corrected chi connectivity index (χ4v) is 4.91. The van der Waals surface area contributed by atoms with Crippen LogP contribution in [0.3, 0.4) is 0 Å². The van der Waals surface area contributed by atoms with Crippen molar-refractivity contribution in [3.05, 3.63) is 69.1 Å². The van der Waals surface area contributed by atoms with Crippen LogP contribution in [0.25, 0.3) is 5.57 Å². The van der Waals surface area contributed by atoms with E-state index in [4.69, 9.17) is 4.98 Å². The maximum atomic E-state index is 12.9.